The number of hydrogen-bond acceptors (Lipinski definition) is 6. The molecule has 0 heterocycles. The molecule has 0 saturated carbocycles. The van der Waals surface area contributed by atoms with Crippen LogP contribution < -0.4 is 21.3 Å². The van der Waals surface area contributed by atoms with Gasteiger partial charge in [0.2, 0.25) is 6.41 Å². The van der Waals surface area contributed by atoms with Gasteiger partial charge in [0.1, 0.15) is 12.4 Å². The van der Waals surface area contributed by atoms with E-state index in [0.29, 0.717) is 13.0 Å². The zero-order chi connectivity index (χ0) is 22.5. The molecule has 0 aliphatic carbocycles. The van der Waals surface area contributed by atoms with Crippen LogP contribution in [0.15, 0.2) is 47.6 Å². The molecule has 2 aromatic rings. The Labute approximate surface area is 179 Å². The zero-order valence-corrected chi connectivity index (χ0v) is 18.5. The molecular formula is C23H33N5O2. The Morgan fingerprint density at radius 2 is 1.97 bits per heavy atom. The molecule has 1 amide bonds. The van der Waals surface area contributed by atoms with Gasteiger partial charge in [-0.15, -0.1) is 0 Å². The second kappa shape index (κ2) is 13.0. The van der Waals surface area contributed by atoms with E-state index in [1.54, 1.807) is 5.43 Å². The lowest BCUT2D eigenvalue weighted by molar-refractivity contribution is -0.109. The third-order valence-corrected chi connectivity index (χ3v) is 4.60. The molecule has 4 N–H and O–H groups in total. The molecule has 0 saturated heterocycles. The van der Waals surface area contributed by atoms with E-state index in [1.165, 1.54) is 11.1 Å². The van der Waals surface area contributed by atoms with Gasteiger partial charge in [-0.3, -0.25) is 15.2 Å². The molecule has 0 atom stereocenters. The average Bonchev–Trinajstić information content (AvgIpc) is 2.77. The van der Waals surface area contributed by atoms with E-state index >= 15 is 0 Å². The number of carbonyl (C=O) groups is 1. The Bertz CT molecular complexity index is 865. The second-order valence-corrected chi connectivity index (χ2v) is 6.65. The lowest BCUT2D eigenvalue weighted by Gasteiger charge is -2.16. The summed E-state index contributed by atoms with van der Waals surface area (Å²) in [5.41, 5.74) is 8.22. The van der Waals surface area contributed by atoms with Crippen molar-refractivity contribution in [3.63, 3.8) is 0 Å². The summed E-state index contributed by atoms with van der Waals surface area (Å²) in [6.07, 6.45) is 2.41. The van der Waals surface area contributed by atoms with Gasteiger partial charge in [0.15, 0.2) is 0 Å². The molecule has 0 unspecified atom stereocenters. The number of benzene rings is 2. The molecule has 162 valence electrons. The minimum absolute atomic E-state index is 0.403. The molecule has 0 aliphatic rings. The highest BCUT2D eigenvalue weighted by Crippen LogP contribution is 2.27. The third kappa shape index (κ3) is 7.25. The first-order valence-corrected chi connectivity index (χ1v) is 9.70. The lowest BCUT2D eigenvalue weighted by Crippen LogP contribution is -2.18. The van der Waals surface area contributed by atoms with Gasteiger partial charge >= 0.3 is 0 Å². The fourth-order valence-electron chi connectivity index (χ4n) is 2.76. The number of ether oxygens (including phenoxy) is 1. The van der Waals surface area contributed by atoms with Crippen LogP contribution >= 0.6 is 0 Å². The zero-order valence-electron chi connectivity index (χ0n) is 18.5. The minimum Gasteiger partial charge on any atom is -0.489 e. The second-order valence-electron chi connectivity index (χ2n) is 6.65. The van der Waals surface area contributed by atoms with Gasteiger partial charge in [-0.25, -0.2) is 5.84 Å². The summed E-state index contributed by atoms with van der Waals surface area (Å²) in [5, 5.41) is 3.23. The number of carbonyl (C=O) groups excluding carboxylic acids is 1. The van der Waals surface area contributed by atoms with Gasteiger partial charge in [-0.1, -0.05) is 12.1 Å². The average molecular weight is 412 g/mol. The van der Waals surface area contributed by atoms with E-state index in [2.05, 4.69) is 66.7 Å². The molecule has 0 spiro atoms. The number of rotatable bonds is 9. The summed E-state index contributed by atoms with van der Waals surface area (Å²) in [6, 6.07) is 12.4. The van der Waals surface area contributed by atoms with Crippen molar-refractivity contribution in [2.45, 2.75) is 27.4 Å². The van der Waals surface area contributed by atoms with E-state index in [1.807, 2.05) is 38.5 Å². The Hall–Kier alpha value is -3.32. The summed E-state index contributed by atoms with van der Waals surface area (Å²) in [7, 11) is 3.96. The minimum atomic E-state index is 0.403. The van der Waals surface area contributed by atoms with Crippen LogP contribution in [0.1, 0.15) is 29.2 Å². The Morgan fingerprint density at radius 1 is 1.27 bits per heavy atom. The number of hydrazine groups is 1. The number of amides is 1. The molecule has 0 bridgehead atoms. The van der Waals surface area contributed by atoms with Crippen LogP contribution in [0, 0.1) is 13.8 Å². The van der Waals surface area contributed by atoms with Gasteiger partial charge in [0, 0.05) is 43.7 Å². The molecule has 7 nitrogen and oxygen atoms in total. The number of aliphatic imine (C=N–C) groups is 1. The number of nitrogens with zero attached hydrogens (tertiary/aromatic N) is 2. The van der Waals surface area contributed by atoms with Gasteiger partial charge < -0.3 is 15.0 Å². The quantitative estimate of drug-likeness (QED) is 0.193. The highest BCUT2D eigenvalue weighted by atomic mass is 16.5. The van der Waals surface area contributed by atoms with Crippen LogP contribution in [0.3, 0.4) is 0 Å². The van der Waals surface area contributed by atoms with E-state index in [4.69, 9.17) is 9.53 Å². The number of nitrogens with one attached hydrogen (secondary N) is 2. The predicted octanol–water partition coefficient (Wildman–Crippen LogP) is 3.48. The van der Waals surface area contributed by atoms with Gasteiger partial charge in [0.25, 0.3) is 0 Å². The van der Waals surface area contributed by atoms with Crippen molar-refractivity contribution in [2.24, 2.45) is 10.8 Å². The first-order valence-electron chi connectivity index (χ1n) is 9.70. The maximum absolute atomic E-state index is 8.94. The Balaban J connectivity index is 0.00000103. The normalized spacial score (nSPS) is 10.4. The van der Waals surface area contributed by atoms with Crippen molar-refractivity contribution in [1.29, 1.82) is 0 Å². The van der Waals surface area contributed by atoms with Crippen LogP contribution in [0.4, 0.5) is 5.69 Å². The van der Waals surface area contributed by atoms with Gasteiger partial charge in [0.05, 0.1) is 5.70 Å². The molecule has 2 rings (SSSR count). The maximum atomic E-state index is 8.94. The molecule has 2 aromatic carbocycles. The van der Waals surface area contributed by atoms with Crippen molar-refractivity contribution in [3.8, 4) is 5.75 Å². The molecule has 30 heavy (non-hydrogen) atoms. The van der Waals surface area contributed by atoms with E-state index in [9.17, 15) is 0 Å². The van der Waals surface area contributed by atoms with Crippen LogP contribution in [0.5, 0.6) is 5.75 Å². The van der Waals surface area contributed by atoms with Crippen LogP contribution in [-0.2, 0) is 11.4 Å². The number of anilines is 1. The largest absolute Gasteiger partial charge is 0.489 e. The monoisotopic (exact) mass is 411 g/mol. The van der Waals surface area contributed by atoms with Crippen LogP contribution in [0.25, 0.3) is 5.70 Å². The van der Waals surface area contributed by atoms with Crippen LogP contribution in [-0.4, -0.2) is 38.7 Å². The van der Waals surface area contributed by atoms with E-state index in [-0.39, 0.29) is 0 Å². The molecule has 0 radical (unpaired) electrons. The van der Waals surface area contributed by atoms with E-state index in [0.717, 1.165) is 34.8 Å². The summed E-state index contributed by atoms with van der Waals surface area (Å²) in [4.78, 5) is 15.2. The van der Waals surface area contributed by atoms with Crippen molar-refractivity contribution >= 4 is 24.5 Å². The van der Waals surface area contributed by atoms with Crippen molar-refractivity contribution in [1.82, 2.24) is 10.3 Å². The SMILES string of the molecule is C=N/C(=C\N(C)CC)c1ccc(OCc2c(C)cccc2NC)c(C)c1.NNC=O. The summed E-state index contributed by atoms with van der Waals surface area (Å²) >= 11 is 0. The molecular weight excluding hydrogens is 378 g/mol. The smallest absolute Gasteiger partial charge is 0.221 e. The molecule has 0 fully saturated rings. The topological polar surface area (TPSA) is 92.0 Å². The molecule has 7 heteroatoms. The standard InChI is InChI=1S/C22H29N3O.CH4N2O/c1-7-25(6)14-21(24-5)18-11-12-22(17(3)13-18)26-15-19-16(2)9-8-10-20(19)23-4;2-3-1-4/h8-14,23H,5,7,15H2,1-4,6H3;1H,2H2,(H,3,4)/b21-14-;. The Morgan fingerprint density at radius 3 is 2.50 bits per heavy atom. The first-order chi connectivity index (χ1) is 14.4. The van der Waals surface area contributed by atoms with Crippen molar-refractivity contribution < 1.29 is 9.53 Å². The number of aryl methyl sites for hydroxylation is 2. The fourth-order valence-corrected chi connectivity index (χ4v) is 2.76. The molecule has 0 aliphatic heterocycles. The summed E-state index contributed by atoms with van der Waals surface area (Å²) in [6.45, 7) is 11.4. The predicted molar refractivity (Wildman–Crippen MR) is 125 cm³/mol. The molecule has 0 aromatic heterocycles. The highest BCUT2D eigenvalue weighted by Gasteiger charge is 2.09. The number of nitrogens with two attached hydrogens (primary N) is 1. The van der Waals surface area contributed by atoms with Crippen molar-refractivity contribution in [2.75, 3.05) is 26.0 Å². The third-order valence-electron chi connectivity index (χ3n) is 4.60. The van der Waals surface area contributed by atoms with Gasteiger partial charge in [-0.05, 0) is 62.9 Å². The lowest BCUT2D eigenvalue weighted by atomic mass is 10.1. The maximum Gasteiger partial charge on any atom is 0.221 e. The Kier molecular flexibility index (Phi) is 10.7. The van der Waals surface area contributed by atoms with E-state index < -0.39 is 0 Å². The first kappa shape index (κ1) is 24.7. The fraction of sp³-hybridized carbons (Fsp3) is 0.304. The van der Waals surface area contributed by atoms with Crippen molar-refractivity contribution in [3.05, 3.63) is 64.9 Å². The van der Waals surface area contributed by atoms with Crippen LogP contribution in [0.2, 0.25) is 0 Å². The van der Waals surface area contributed by atoms with Gasteiger partial charge in [-0.2, -0.15) is 0 Å². The summed E-state index contributed by atoms with van der Waals surface area (Å²) < 4.78 is 6.10. The highest BCUT2D eigenvalue weighted by molar-refractivity contribution is 5.69. The number of hydrogen-bond donors (Lipinski definition) is 3. The summed E-state index contributed by atoms with van der Waals surface area (Å²) in [5.74, 6) is 5.29.